The molecule has 0 aliphatic rings. The highest BCUT2D eigenvalue weighted by Crippen LogP contribution is 2.24. The minimum Gasteiger partial charge on any atom is -0.497 e. The normalized spacial score (nSPS) is 12.2. The van der Waals surface area contributed by atoms with E-state index in [1.54, 1.807) is 7.11 Å². The first-order valence-electron chi connectivity index (χ1n) is 6.11. The molecule has 0 saturated heterocycles. The van der Waals surface area contributed by atoms with Crippen LogP contribution in [-0.2, 0) is 6.54 Å². The SMILES string of the molecule is CCn1c([C@H](C)Oc2cccc(OC)c2)n[nH]c1=S. The minimum absolute atomic E-state index is 0.194. The summed E-state index contributed by atoms with van der Waals surface area (Å²) < 4.78 is 13.6. The molecular formula is C13H17N3O2S. The molecule has 19 heavy (non-hydrogen) atoms. The Kier molecular flexibility index (Phi) is 4.21. The summed E-state index contributed by atoms with van der Waals surface area (Å²) in [6.07, 6.45) is -0.194. The van der Waals surface area contributed by atoms with Gasteiger partial charge in [-0.2, -0.15) is 5.10 Å². The molecule has 0 radical (unpaired) electrons. The highest BCUT2D eigenvalue weighted by atomic mass is 32.1. The number of rotatable bonds is 5. The number of aromatic amines is 1. The smallest absolute Gasteiger partial charge is 0.195 e. The third kappa shape index (κ3) is 2.96. The zero-order chi connectivity index (χ0) is 13.8. The number of nitrogens with zero attached hydrogens (tertiary/aromatic N) is 2. The second-order valence-corrected chi connectivity index (χ2v) is 4.46. The summed E-state index contributed by atoms with van der Waals surface area (Å²) in [5, 5.41) is 7.00. The lowest BCUT2D eigenvalue weighted by Gasteiger charge is -2.15. The highest BCUT2D eigenvalue weighted by molar-refractivity contribution is 7.71. The summed E-state index contributed by atoms with van der Waals surface area (Å²) in [5.74, 6) is 2.29. The molecule has 2 rings (SSSR count). The molecule has 1 heterocycles. The third-order valence-corrected chi connectivity index (χ3v) is 3.13. The summed E-state index contributed by atoms with van der Waals surface area (Å²) in [6.45, 7) is 4.72. The van der Waals surface area contributed by atoms with Crippen LogP contribution in [0.25, 0.3) is 0 Å². The highest BCUT2D eigenvalue weighted by Gasteiger charge is 2.15. The molecule has 0 bridgehead atoms. The van der Waals surface area contributed by atoms with Crippen molar-refractivity contribution in [3.8, 4) is 11.5 Å². The Morgan fingerprint density at radius 2 is 2.16 bits per heavy atom. The van der Waals surface area contributed by atoms with Gasteiger partial charge in [-0.1, -0.05) is 6.07 Å². The molecule has 0 unspecified atom stereocenters. The molecular weight excluding hydrogens is 262 g/mol. The van der Waals surface area contributed by atoms with Gasteiger partial charge in [0.05, 0.1) is 7.11 Å². The number of ether oxygens (including phenoxy) is 2. The lowest BCUT2D eigenvalue weighted by Crippen LogP contribution is -2.11. The number of hydrogen-bond acceptors (Lipinski definition) is 4. The van der Waals surface area contributed by atoms with Gasteiger partial charge in [-0.05, 0) is 38.2 Å². The molecule has 0 aliphatic heterocycles. The van der Waals surface area contributed by atoms with Crippen molar-refractivity contribution in [3.05, 3.63) is 34.9 Å². The molecule has 1 aromatic carbocycles. The van der Waals surface area contributed by atoms with Gasteiger partial charge >= 0.3 is 0 Å². The summed E-state index contributed by atoms with van der Waals surface area (Å²) in [7, 11) is 1.63. The van der Waals surface area contributed by atoms with Crippen LogP contribution in [0.3, 0.4) is 0 Å². The predicted octanol–water partition coefficient (Wildman–Crippen LogP) is 3.11. The predicted molar refractivity (Wildman–Crippen MR) is 75.1 cm³/mol. The van der Waals surface area contributed by atoms with E-state index in [0.29, 0.717) is 4.77 Å². The molecule has 0 amide bonds. The van der Waals surface area contributed by atoms with Crippen molar-refractivity contribution in [3.63, 3.8) is 0 Å². The van der Waals surface area contributed by atoms with Gasteiger partial charge in [0.15, 0.2) is 16.7 Å². The first kappa shape index (κ1) is 13.6. The Labute approximate surface area is 117 Å². The molecule has 0 spiro atoms. The van der Waals surface area contributed by atoms with E-state index in [4.69, 9.17) is 21.7 Å². The zero-order valence-corrected chi connectivity index (χ0v) is 12.0. The lowest BCUT2D eigenvalue weighted by molar-refractivity contribution is 0.210. The standard InChI is InChI=1S/C13H17N3O2S/c1-4-16-12(14-15-13(16)19)9(2)18-11-7-5-6-10(8-11)17-3/h5-9H,4H2,1-3H3,(H,15,19)/t9-/m0/s1. The van der Waals surface area contributed by atoms with Crippen LogP contribution in [0.4, 0.5) is 0 Å². The Morgan fingerprint density at radius 1 is 1.42 bits per heavy atom. The van der Waals surface area contributed by atoms with Crippen molar-refractivity contribution in [2.24, 2.45) is 0 Å². The third-order valence-electron chi connectivity index (χ3n) is 2.82. The summed E-state index contributed by atoms with van der Waals surface area (Å²) in [6, 6.07) is 7.49. The fourth-order valence-electron chi connectivity index (χ4n) is 1.88. The maximum atomic E-state index is 5.87. The van der Waals surface area contributed by atoms with Crippen LogP contribution in [0, 0.1) is 4.77 Å². The monoisotopic (exact) mass is 279 g/mol. The fraction of sp³-hybridized carbons (Fsp3) is 0.385. The van der Waals surface area contributed by atoms with E-state index in [0.717, 1.165) is 23.9 Å². The molecule has 0 fully saturated rings. The first-order chi connectivity index (χ1) is 9.15. The van der Waals surface area contributed by atoms with Gasteiger partial charge in [0.2, 0.25) is 0 Å². The van der Waals surface area contributed by atoms with Gasteiger partial charge < -0.3 is 14.0 Å². The molecule has 0 aliphatic carbocycles. The Morgan fingerprint density at radius 3 is 2.84 bits per heavy atom. The van der Waals surface area contributed by atoms with E-state index in [2.05, 4.69) is 10.2 Å². The molecule has 5 nitrogen and oxygen atoms in total. The van der Waals surface area contributed by atoms with E-state index < -0.39 is 0 Å². The summed E-state index contributed by atoms with van der Waals surface area (Å²) in [4.78, 5) is 0. The van der Waals surface area contributed by atoms with Crippen LogP contribution in [0.15, 0.2) is 24.3 Å². The number of hydrogen-bond donors (Lipinski definition) is 1. The Hall–Kier alpha value is -1.82. The van der Waals surface area contributed by atoms with Gasteiger partial charge in [0, 0.05) is 12.6 Å². The molecule has 6 heteroatoms. The number of nitrogens with one attached hydrogen (secondary N) is 1. The van der Waals surface area contributed by atoms with E-state index in [1.807, 2.05) is 42.7 Å². The summed E-state index contributed by atoms with van der Waals surface area (Å²) in [5.41, 5.74) is 0. The van der Waals surface area contributed by atoms with E-state index in [9.17, 15) is 0 Å². The Balaban J connectivity index is 2.20. The molecule has 102 valence electrons. The molecule has 1 N–H and O–H groups in total. The van der Waals surface area contributed by atoms with Gasteiger partial charge in [-0.3, -0.25) is 5.10 Å². The van der Waals surface area contributed by atoms with Crippen molar-refractivity contribution < 1.29 is 9.47 Å². The van der Waals surface area contributed by atoms with Gasteiger partial charge in [0.25, 0.3) is 0 Å². The van der Waals surface area contributed by atoms with Crippen molar-refractivity contribution in [2.45, 2.75) is 26.5 Å². The van der Waals surface area contributed by atoms with E-state index in [-0.39, 0.29) is 6.10 Å². The van der Waals surface area contributed by atoms with Gasteiger partial charge in [-0.15, -0.1) is 0 Å². The van der Waals surface area contributed by atoms with Crippen molar-refractivity contribution in [2.75, 3.05) is 7.11 Å². The van der Waals surface area contributed by atoms with Crippen LogP contribution in [-0.4, -0.2) is 21.9 Å². The zero-order valence-electron chi connectivity index (χ0n) is 11.2. The van der Waals surface area contributed by atoms with Gasteiger partial charge in [0.1, 0.15) is 11.5 Å². The van der Waals surface area contributed by atoms with Crippen LogP contribution < -0.4 is 9.47 Å². The maximum Gasteiger partial charge on any atom is 0.195 e. The maximum absolute atomic E-state index is 5.87. The number of H-pyrrole nitrogens is 1. The number of methoxy groups -OCH3 is 1. The number of benzene rings is 1. The molecule has 1 atom stereocenters. The van der Waals surface area contributed by atoms with Crippen molar-refractivity contribution >= 4 is 12.2 Å². The van der Waals surface area contributed by atoms with Crippen molar-refractivity contribution in [1.29, 1.82) is 0 Å². The topological polar surface area (TPSA) is 52.1 Å². The molecule has 2 aromatic rings. The molecule has 1 aromatic heterocycles. The second-order valence-electron chi connectivity index (χ2n) is 4.07. The van der Waals surface area contributed by atoms with Gasteiger partial charge in [-0.25, -0.2) is 0 Å². The average Bonchev–Trinajstić information content (AvgIpc) is 2.80. The number of aromatic nitrogens is 3. The van der Waals surface area contributed by atoms with Crippen LogP contribution >= 0.6 is 12.2 Å². The molecule has 0 saturated carbocycles. The van der Waals surface area contributed by atoms with Crippen LogP contribution in [0.1, 0.15) is 25.8 Å². The average molecular weight is 279 g/mol. The quantitative estimate of drug-likeness (QED) is 0.854. The summed E-state index contributed by atoms with van der Waals surface area (Å²) >= 11 is 5.16. The van der Waals surface area contributed by atoms with Crippen molar-refractivity contribution in [1.82, 2.24) is 14.8 Å². The van der Waals surface area contributed by atoms with Crippen LogP contribution in [0.5, 0.6) is 11.5 Å². The fourth-order valence-corrected chi connectivity index (χ4v) is 2.15. The van der Waals surface area contributed by atoms with Crippen LogP contribution in [0.2, 0.25) is 0 Å². The lowest BCUT2D eigenvalue weighted by atomic mass is 10.3. The minimum atomic E-state index is -0.194. The first-order valence-corrected chi connectivity index (χ1v) is 6.52. The Bertz CT molecular complexity index is 606. The van der Waals surface area contributed by atoms with E-state index in [1.165, 1.54) is 0 Å². The second kappa shape index (κ2) is 5.88. The largest absolute Gasteiger partial charge is 0.497 e. The van der Waals surface area contributed by atoms with E-state index >= 15 is 0 Å².